The molecule has 1 atom stereocenters. The van der Waals surface area contributed by atoms with Crippen LogP contribution in [0.15, 0.2) is 48.5 Å². The van der Waals surface area contributed by atoms with Gasteiger partial charge in [-0.25, -0.2) is 8.42 Å². The smallest absolute Gasteiger partial charge is 0.244 e. The van der Waals surface area contributed by atoms with E-state index in [1.165, 1.54) is 4.90 Å². The highest BCUT2D eigenvalue weighted by atomic mass is 32.2. The second-order valence-electron chi connectivity index (χ2n) is 7.74. The number of carbonyl (C=O) groups excluding carboxylic acids is 2. The minimum atomic E-state index is -3.75. The quantitative estimate of drug-likeness (QED) is 0.539. The van der Waals surface area contributed by atoms with E-state index >= 15 is 0 Å². The lowest BCUT2D eigenvalue weighted by Gasteiger charge is -2.33. The van der Waals surface area contributed by atoms with Crippen molar-refractivity contribution in [3.8, 4) is 5.75 Å². The lowest BCUT2D eigenvalue weighted by atomic mass is 10.1. The molecule has 33 heavy (non-hydrogen) atoms. The molecule has 180 valence electrons. The molecule has 0 bridgehead atoms. The number of carbonyl (C=O) groups is 2. The van der Waals surface area contributed by atoms with Crippen LogP contribution in [0, 0.1) is 6.92 Å². The molecule has 0 aliphatic heterocycles. The van der Waals surface area contributed by atoms with E-state index in [1.807, 2.05) is 26.0 Å². The summed E-state index contributed by atoms with van der Waals surface area (Å²) < 4.78 is 31.5. The maximum Gasteiger partial charge on any atom is 0.244 e. The summed E-state index contributed by atoms with van der Waals surface area (Å²) in [5, 5.41) is 2.78. The average molecular weight is 476 g/mol. The van der Waals surface area contributed by atoms with Gasteiger partial charge in [0.15, 0.2) is 0 Å². The Labute approximate surface area is 196 Å². The van der Waals surface area contributed by atoms with E-state index < -0.39 is 28.5 Å². The number of benzene rings is 2. The van der Waals surface area contributed by atoms with Gasteiger partial charge in [-0.05, 0) is 49.6 Å². The van der Waals surface area contributed by atoms with Crippen LogP contribution in [0.25, 0.3) is 0 Å². The van der Waals surface area contributed by atoms with Crippen LogP contribution in [-0.4, -0.2) is 57.6 Å². The number of methoxy groups -OCH3 is 1. The van der Waals surface area contributed by atoms with Gasteiger partial charge in [-0.3, -0.25) is 13.9 Å². The minimum absolute atomic E-state index is 0.157. The first-order valence-corrected chi connectivity index (χ1v) is 12.7. The Morgan fingerprint density at radius 3 is 2.21 bits per heavy atom. The molecule has 0 unspecified atom stereocenters. The van der Waals surface area contributed by atoms with Gasteiger partial charge in [0.05, 0.1) is 19.1 Å². The highest BCUT2D eigenvalue weighted by Gasteiger charge is 2.31. The SMILES string of the molecule is CCNC(=O)[C@H](CC)N(Cc1ccc(OC)cc1)C(=O)CN(c1ccccc1C)S(C)(=O)=O. The van der Waals surface area contributed by atoms with Crippen LogP contribution in [-0.2, 0) is 26.2 Å². The number of hydrogen-bond donors (Lipinski definition) is 1. The molecule has 2 rings (SSSR count). The number of nitrogens with zero attached hydrogens (tertiary/aromatic N) is 2. The molecule has 2 aromatic rings. The zero-order valence-electron chi connectivity index (χ0n) is 19.9. The number of hydrogen-bond acceptors (Lipinski definition) is 5. The normalized spacial score (nSPS) is 12.0. The Morgan fingerprint density at radius 2 is 1.70 bits per heavy atom. The van der Waals surface area contributed by atoms with Crippen molar-refractivity contribution in [1.82, 2.24) is 10.2 Å². The zero-order valence-corrected chi connectivity index (χ0v) is 20.7. The molecule has 1 N–H and O–H groups in total. The zero-order chi connectivity index (χ0) is 24.6. The van der Waals surface area contributed by atoms with Crippen molar-refractivity contribution in [2.45, 2.75) is 39.8 Å². The van der Waals surface area contributed by atoms with Gasteiger partial charge in [-0.2, -0.15) is 0 Å². The van der Waals surface area contributed by atoms with E-state index in [1.54, 1.807) is 50.4 Å². The summed E-state index contributed by atoms with van der Waals surface area (Å²) >= 11 is 0. The second-order valence-corrected chi connectivity index (χ2v) is 9.65. The molecule has 0 aliphatic rings. The van der Waals surface area contributed by atoms with Crippen molar-refractivity contribution >= 4 is 27.5 Å². The molecular weight excluding hydrogens is 442 g/mol. The Kier molecular flexibility index (Phi) is 9.28. The first-order valence-electron chi connectivity index (χ1n) is 10.9. The number of ether oxygens (including phenoxy) is 1. The number of amides is 2. The standard InChI is InChI=1S/C24H33N3O5S/c1-6-21(24(29)25-7-2)26(16-19-12-14-20(32-4)15-13-19)23(28)17-27(33(5,30)31)22-11-9-8-10-18(22)3/h8-15,21H,6-7,16-17H2,1-5H3,(H,25,29)/t21-/m0/s1. The van der Waals surface area contributed by atoms with Crippen LogP contribution in [0.4, 0.5) is 5.69 Å². The number of likely N-dealkylation sites (N-methyl/N-ethyl adjacent to an activating group) is 1. The number of nitrogens with one attached hydrogen (secondary N) is 1. The van der Waals surface area contributed by atoms with Crippen molar-refractivity contribution in [3.05, 3.63) is 59.7 Å². The van der Waals surface area contributed by atoms with Crippen LogP contribution < -0.4 is 14.4 Å². The molecule has 9 heteroatoms. The summed E-state index contributed by atoms with van der Waals surface area (Å²) in [5.41, 5.74) is 1.96. The van der Waals surface area contributed by atoms with E-state index in [0.717, 1.165) is 21.7 Å². The van der Waals surface area contributed by atoms with Gasteiger partial charge in [-0.1, -0.05) is 37.3 Å². The third-order valence-electron chi connectivity index (χ3n) is 5.31. The number of rotatable bonds is 11. The third kappa shape index (κ3) is 6.95. The van der Waals surface area contributed by atoms with E-state index in [-0.39, 0.29) is 12.5 Å². The third-order valence-corrected chi connectivity index (χ3v) is 6.44. The van der Waals surface area contributed by atoms with E-state index in [4.69, 9.17) is 4.74 Å². The Balaban J connectivity index is 2.43. The van der Waals surface area contributed by atoms with Crippen LogP contribution in [0.2, 0.25) is 0 Å². The van der Waals surface area contributed by atoms with Gasteiger partial charge < -0.3 is 15.0 Å². The fourth-order valence-corrected chi connectivity index (χ4v) is 4.48. The Hall–Kier alpha value is -3.07. The molecule has 0 heterocycles. The molecule has 8 nitrogen and oxygen atoms in total. The largest absolute Gasteiger partial charge is 0.497 e. The molecule has 0 saturated heterocycles. The molecule has 0 aliphatic carbocycles. The molecular formula is C24H33N3O5S. The van der Waals surface area contributed by atoms with Gasteiger partial charge in [0.2, 0.25) is 21.8 Å². The molecule has 0 aromatic heterocycles. The summed E-state index contributed by atoms with van der Waals surface area (Å²) in [6.07, 6.45) is 1.46. The van der Waals surface area contributed by atoms with E-state index in [9.17, 15) is 18.0 Å². The number of para-hydroxylation sites is 1. The second kappa shape index (κ2) is 11.7. The fourth-order valence-electron chi connectivity index (χ4n) is 3.58. The van der Waals surface area contributed by atoms with E-state index in [2.05, 4.69) is 5.32 Å². The molecule has 0 fully saturated rings. The predicted octanol–water partition coefficient (Wildman–Crippen LogP) is 2.71. The Bertz CT molecular complexity index is 1050. The molecule has 2 amide bonds. The summed E-state index contributed by atoms with van der Waals surface area (Å²) in [5.74, 6) is -0.0588. The van der Waals surface area contributed by atoms with Crippen LogP contribution in [0.1, 0.15) is 31.4 Å². The number of sulfonamides is 1. The van der Waals surface area contributed by atoms with Crippen LogP contribution in [0.5, 0.6) is 5.75 Å². The number of aryl methyl sites for hydroxylation is 1. The topological polar surface area (TPSA) is 96.0 Å². The first-order chi connectivity index (χ1) is 15.6. The van der Waals surface area contributed by atoms with Crippen molar-refractivity contribution < 1.29 is 22.7 Å². The highest BCUT2D eigenvalue weighted by Crippen LogP contribution is 2.23. The Morgan fingerprint density at radius 1 is 1.06 bits per heavy atom. The van der Waals surface area contributed by atoms with Crippen molar-refractivity contribution in [3.63, 3.8) is 0 Å². The maximum atomic E-state index is 13.5. The summed E-state index contributed by atoms with van der Waals surface area (Å²) in [6, 6.07) is 13.4. The van der Waals surface area contributed by atoms with Crippen molar-refractivity contribution in [2.24, 2.45) is 0 Å². The molecule has 2 aromatic carbocycles. The van der Waals surface area contributed by atoms with Crippen molar-refractivity contribution in [2.75, 3.05) is 30.8 Å². The minimum Gasteiger partial charge on any atom is -0.497 e. The van der Waals surface area contributed by atoms with Gasteiger partial charge >= 0.3 is 0 Å². The van der Waals surface area contributed by atoms with Gasteiger partial charge in [0, 0.05) is 13.1 Å². The van der Waals surface area contributed by atoms with Gasteiger partial charge in [0.25, 0.3) is 0 Å². The van der Waals surface area contributed by atoms with Crippen LogP contribution in [0.3, 0.4) is 0 Å². The first kappa shape index (κ1) is 26.2. The fraction of sp³-hybridized carbons (Fsp3) is 0.417. The van der Waals surface area contributed by atoms with Gasteiger partial charge in [0.1, 0.15) is 18.3 Å². The predicted molar refractivity (Wildman–Crippen MR) is 130 cm³/mol. The molecule has 0 spiro atoms. The van der Waals surface area contributed by atoms with Gasteiger partial charge in [-0.15, -0.1) is 0 Å². The lowest BCUT2D eigenvalue weighted by Crippen LogP contribution is -2.52. The van der Waals surface area contributed by atoms with Crippen LogP contribution >= 0.6 is 0 Å². The number of anilines is 1. The molecule has 0 radical (unpaired) electrons. The lowest BCUT2D eigenvalue weighted by molar-refractivity contribution is -0.140. The monoisotopic (exact) mass is 475 g/mol. The summed E-state index contributed by atoms with van der Waals surface area (Å²) in [7, 11) is -2.18. The maximum absolute atomic E-state index is 13.5. The average Bonchev–Trinajstić information content (AvgIpc) is 2.77. The summed E-state index contributed by atoms with van der Waals surface area (Å²) in [6.45, 7) is 5.60. The van der Waals surface area contributed by atoms with Crippen molar-refractivity contribution in [1.29, 1.82) is 0 Å². The molecule has 0 saturated carbocycles. The van der Waals surface area contributed by atoms with E-state index in [0.29, 0.717) is 24.4 Å². The highest BCUT2D eigenvalue weighted by molar-refractivity contribution is 7.92. The summed E-state index contributed by atoms with van der Waals surface area (Å²) in [4.78, 5) is 27.7.